The van der Waals surface area contributed by atoms with E-state index in [4.69, 9.17) is 9.47 Å². The van der Waals surface area contributed by atoms with Gasteiger partial charge in [0.25, 0.3) is 0 Å². The molecule has 0 saturated carbocycles. The molecule has 0 aliphatic rings. The predicted molar refractivity (Wildman–Crippen MR) is 76.2 cm³/mol. The summed E-state index contributed by atoms with van der Waals surface area (Å²) in [5.41, 5.74) is 2.71. The second-order valence-electron chi connectivity index (χ2n) is 4.58. The van der Waals surface area contributed by atoms with Crippen molar-refractivity contribution in [3.8, 4) is 5.75 Å². The number of methoxy groups -OCH3 is 1. The molecule has 2 rings (SSSR count). The molecule has 1 aromatic heterocycles. The van der Waals surface area contributed by atoms with Crippen LogP contribution in [0.15, 0.2) is 24.3 Å². The Morgan fingerprint density at radius 3 is 2.40 bits per heavy atom. The van der Waals surface area contributed by atoms with Gasteiger partial charge in [0.05, 0.1) is 26.0 Å². The van der Waals surface area contributed by atoms with Gasteiger partial charge in [0.2, 0.25) is 0 Å². The molecule has 0 aliphatic carbocycles. The molecule has 5 heteroatoms. The van der Waals surface area contributed by atoms with Crippen molar-refractivity contribution in [3.63, 3.8) is 0 Å². The van der Waals surface area contributed by atoms with E-state index in [-0.39, 0.29) is 5.97 Å². The number of carbonyl (C=O) groups is 1. The summed E-state index contributed by atoms with van der Waals surface area (Å²) in [5.74, 6) is 0.573. The second-order valence-corrected chi connectivity index (χ2v) is 4.58. The average Bonchev–Trinajstić information content (AvgIpc) is 2.46. The summed E-state index contributed by atoms with van der Waals surface area (Å²) in [7, 11) is 3.51. The molecule has 0 amide bonds. The second kappa shape index (κ2) is 5.86. The van der Waals surface area contributed by atoms with Gasteiger partial charge in [0.15, 0.2) is 5.69 Å². The third kappa shape index (κ3) is 2.57. The molecular weight excluding hydrogens is 256 g/mol. The maximum Gasteiger partial charge on any atom is 0.358 e. The van der Waals surface area contributed by atoms with Crippen LogP contribution >= 0.6 is 0 Å². The molecule has 0 unspecified atom stereocenters. The minimum Gasteiger partial charge on any atom is -0.497 e. The van der Waals surface area contributed by atoms with Gasteiger partial charge < -0.3 is 9.47 Å². The molecule has 20 heavy (non-hydrogen) atoms. The van der Waals surface area contributed by atoms with Gasteiger partial charge in [-0.15, -0.1) is 0 Å². The Bertz CT molecular complexity index is 575. The van der Waals surface area contributed by atoms with Crippen LogP contribution in [-0.4, -0.2) is 29.0 Å². The lowest BCUT2D eigenvalue weighted by atomic mass is 10.2. The van der Waals surface area contributed by atoms with Gasteiger partial charge >= 0.3 is 5.97 Å². The van der Waals surface area contributed by atoms with Crippen molar-refractivity contribution in [2.45, 2.75) is 20.4 Å². The van der Waals surface area contributed by atoms with Crippen molar-refractivity contribution >= 4 is 5.97 Å². The number of esters is 1. The van der Waals surface area contributed by atoms with Gasteiger partial charge in [-0.1, -0.05) is 12.1 Å². The van der Waals surface area contributed by atoms with Crippen LogP contribution in [0.25, 0.3) is 0 Å². The number of carbonyl (C=O) groups excluding carboxylic acids is 1. The molecule has 2 aromatic rings. The van der Waals surface area contributed by atoms with Crippen LogP contribution in [0.4, 0.5) is 0 Å². The van der Waals surface area contributed by atoms with Crippen LogP contribution in [0, 0.1) is 6.92 Å². The standard InChI is InChI=1S/C15H20N2O3/c1-5-20-15(18)14-11(2)17(16(14)3)10-12-6-8-13(19-4)9-7-12/h6-9H,5,10H2,1-4H3. The molecule has 0 saturated heterocycles. The number of hydrogen-bond acceptors (Lipinski definition) is 3. The molecule has 0 fully saturated rings. The summed E-state index contributed by atoms with van der Waals surface area (Å²) in [6.07, 6.45) is 0. The van der Waals surface area contributed by atoms with E-state index in [1.165, 1.54) is 0 Å². The van der Waals surface area contributed by atoms with Crippen LogP contribution in [-0.2, 0) is 18.3 Å². The van der Waals surface area contributed by atoms with Gasteiger partial charge in [-0.3, -0.25) is 9.36 Å². The van der Waals surface area contributed by atoms with Gasteiger partial charge in [-0.25, -0.2) is 4.79 Å². The van der Waals surface area contributed by atoms with Crippen molar-refractivity contribution < 1.29 is 14.3 Å². The van der Waals surface area contributed by atoms with Gasteiger partial charge in [0, 0.05) is 7.05 Å². The van der Waals surface area contributed by atoms with Crippen LogP contribution in [0.5, 0.6) is 5.75 Å². The summed E-state index contributed by atoms with van der Waals surface area (Å²) in [6.45, 7) is 4.84. The third-order valence-electron chi connectivity index (χ3n) is 3.38. The Labute approximate surface area is 118 Å². The van der Waals surface area contributed by atoms with Crippen molar-refractivity contribution in [1.29, 1.82) is 0 Å². The highest BCUT2D eigenvalue weighted by molar-refractivity contribution is 5.89. The summed E-state index contributed by atoms with van der Waals surface area (Å²) < 4.78 is 14.0. The Balaban J connectivity index is 2.14. The molecule has 5 nitrogen and oxygen atoms in total. The van der Waals surface area contributed by atoms with E-state index in [1.54, 1.807) is 7.11 Å². The van der Waals surface area contributed by atoms with Crippen LogP contribution in [0.1, 0.15) is 28.7 Å². The summed E-state index contributed by atoms with van der Waals surface area (Å²) in [4.78, 5) is 11.8. The lowest BCUT2D eigenvalue weighted by molar-refractivity contribution is 0.0496. The summed E-state index contributed by atoms with van der Waals surface area (Å²) in [5, 5.41) is 0. The van der Waals surface area contributed by atoms with E-state index in [2.05, 4.69) is 0 Å². The van der Waals surface area contributed by atoms with E-state index in [1.807, 2.05) is 54.5 Å². The summed E-state index contributed by atoms with van der Waals surface area (Å²) in [6, 6.07) is 7.89. The maximum atomic E-state index is 11.8. The van der Waals surface area contributed by atoms with Crippen LogP contribution in [0.3, 0.4) is 0 Å². The first-order chi connectivity index (χ1) is 9.58. The predicted octanol–water partition coefficient (Wildman–Crippen LogP) is 2.37. The third-order valence-corrected chi connectivity index (χ3v) is 3.38. The van der Waals surface area contributed by atoms with Gasteiger partial charge in [-0.2, -0.15) is 0 Å². The first-order valence-electron chi connectivity index (χ1n) is 6.60. The molecule has 0 bridgehead atoms. The highest BCUT2D eigenvalue weighted by Gasteiger charge is 2.22. The number of ether oxygens (including phenoxy) is 2. The topological polar surface area (TPSA) is 45.4 Å². The van der Waals surface area contributed by atoms with Crippen molar-refractivity contribution in [3.05, 3.63) is 41.2 Å². The lowest BCUT2D eigenvalue weighted by Gasteiger charge is -2.27. The maximum absolute atomic E-state index is 11.8. The Kier molecular flexibility index (Phi) is 4.17. The first kappa shape index (κ1) is 14.2. The van der Waals surface area contributed by atoms with Crippen LogP contribution < -0.4 is 4.74 Å². The van der Waals surface area contributed by atoms with E-state index in [0.29, 0.717) is 12.3 Å². The quantitative estimate of drug-likeness (QED) is 0.788. The number of aromatic nitrogens is 2. The number of rotatable bonds is 5. The van der Waals surface area contributed by atoms with Crippen LogP contribution in [0.2, 0.25) is 0 Å². The molecule has 0 spiro atoms. The van der Waals surface area contributed by atoms with E-state index < -0.39 is 0 Å². The van der Waals surface area contributed by atoms with Crippen molar-refractivity contribution in [1.82, 2.24) is 9.36 Å². The average molecular weight is 276 g/mol. The number of nitrogens with zero attached hydrogens (tertiary/aromatic N) is 2. The van der Waals surface area contributed by atoms with E-state index in [0.717, 1.165) is 23.6 Å². The first-order valence-corrected chi connectivity index (χ1v) is 6.60. The lowest BCUT2D eigenvalue weighted by Crippen LogP contribution is -2.32. The smallest absolute Gasteiger partial charge is 0.358 e. The molecule has 108 valence electrons. The minimum atomic E-state index is -0.265. The number of benzene rings is 1. The normalized spacial score (nSPS) is 10.6. The fourth-order valence-electron chi connectivity index (χ4n) is 2.27. The van der Waals surface area contributed by atoms with Gasteiger partial charge in [-0.05, 0) is 31.5 Å². The monoisotopic (exact) mass is 276 g/mol. The van der Waals surface area contributed by atoms with Crippen molar-refractivity contribution in [2.24, 2.45) is 7.05 Å². The molecular formula is C15H20N2O3. The molecule has 0 N–H and O–H groups in total. The zero-order valence-electron chi connectivity index (χ0n) is 12.3. The minimum absolute atomic E-state index is 0.265. The highest BCUT2D eigenvalue weighted by Crippen LogP contribution is 2.18. The van der Waals surface area contributed by atoms with Gasteiger partial charge in [0.1, 0.15) is 5.75 Å². The molecule has 0 radical (unpaired) electrons. The highest BCUT2D eigenvalue weighted by atomic mass is 16.5. The molecule has 1 aromatic carbocycles. The SMILES string of the molecule is CCOC(=O)c1c(C)n(Cc2ccc(OC)cc2)n1C. The Morgan fingerprint density at radius 2 is 1.90 bits per heavy atom. The largest absolute Gasteiger partial charge is 0.497 e. The zero-order chi connectivity index (χ0) is 14.7. The zero-order valence-corrected chi connectivity index (χ0v) is 12.3. The van der Waals surface area contributed by atoms with E-state index in [9.17, 15) is 4.79 Å². The fourth-order valence-corrected chi connectivity index (χ4v) is 2.27. The molecule has 1 heterocycles. The number of hydrogen-bond donors (Lipinski definition) is 0. The molecule has 0 atom stereocenters. The van der Waals surface area contributed by atoms with E-state index >= 15 is 0 Å². The summed E-state index contributed by atoms with van der Waals surface area (Å²) >= 11 is 0. The van der Waals surface area contributed by atoms with Crippen molar-refractivity contribution in [2.75, 3.05) is 13.7 Å². The Hall–Kier alpha value is -2.17. The fraction of sp³-hybridized carbons (Fsp3) is 0.400. The molecule has 0 aliphatic heterocycles. The Morgan fingerprint density at radius 1 is 1.25 bits per heavy atom.